The summed E-state index contributed by atoms with van der Waals surface area (Å²) < 4.78 is 43.6. The van der Waals surface area contributed by atoms with Crippen molar-refractivity contribution in [3.05, 3.63) is 17.4 Å². The summed E-state index contributed by atoms with van der Waals surface area (Å²) in [6, 6.07) is -0.271. The molecule has 124 valence electrons. The second-order valence-corrected chi connectivity index (χ2v) is 5.29. The number of allylic oxidation sites excluding steroid dienone is 2. The van der Waals surface area contributed by atoms with Gasteiger partial charge in [-0.1, -0.05) is 10.3 Å². The third-order valence-electron chi connectivity index (χ3n) is 3.78. The lowest BCUT2D eigenvalue weighted by Crippen LogP contribution is -2.29. The number of nitrogens with zero attached hydrogens (tertiary/aromatic N) is 7. The van der Waals surface area contributed by atoms with E-state index < -0.39 is 12.6 Å². The fourth-order valence-corrected chi connectivity index (χ4v) is 2.47. The molecule has 2 aromatic heterocycles. The van der Waals surface area contributed by atoms with E-state index in [0.29, 0.717) is 11.5 Å². The van der Waals surface area contributed by atoms with E-state index in [1.54, 1.807) is 16.6 Å². The number of aryl methyl sites for hydroxylation is 1. The first-order valence-electron chi connectivity index (χ1n) is 6.90. The third-order valence-corrected chi connectivity index (χ3v) is 3.78. The summed E-state index contributed by atoms with van der Waals surface area (Å²) in [5.41, 5.74) is 1.48. The summed E-state index contributed by atoms with van der Waals surface area (Å²) in [7, 11) is 1.78. The Kier molecular flexibility index (Phi) is 3.57. The molecule has 0 N–H and O–H groups in total. The van der Waals surface area contributed by atoms with Crippen molar-refractivity contribution in [3.8, 4) is 0 Å². The monoisotopic (exact) mass is 329 g/mol. The Morgan fingerprint density at radius 2 is 2.04 bits per heavy atom. The van der Waals surface area contributed by atoms with Crippen LogP contribution in [0.2, 0.25) is 0 Å². The standard InChI is InChI=1S/C12H14F3N7O/c1-6-9(7(2)22-11(21(6)3)17-19-20-22)10-16-8(18-23-10)4-5-12(13,14)15/h7H,4-5H2,1-3H3. The first-order valence-corrected chi connectivity index (χ1v) is 6.90. The highest BCUT2D eigenvalue weighted by Crippen LogP contribution is 2.37. The molecule has 0 saturated carbocycles. The molecule has 23 heavy (non-hydrogen) atoms. The van der Waals surface area contributed by atoms with Crippen molar-refractivity contribution >= 4 is 11.5 Å². The zero-order valence-corrected chi connectivity index (χ0v) is 12.7. The Morgan fingerprint density at radius 1 is 1.30 bits per heavy atom. The molecule has 0 amide bonds. The fourth-order valence-electron chi connectivity index (χ4n) is 2.47. The first kappa shape index (κ1) is 15.4. The van der Waals surface area contributed by atoms with Crippen LogP contribution in [0.3, 0.4) is 0 Å². The van der Waals surface area contributed by atoms with E-state index in [9.17, 15) is 13.2 Å². The van der Waals surface area contributed by atoms with Crippen molar-refractivity contribution in [2.45, 2.75) is 38.9 Å². The summed E-state index contributed by atoms with van der Waals surface area (Å²) >= 11 is 0. The molecule has 3 rings (SSSR count). The second kappa shape index (κ2) is 5.32. The maximum absolute atomic E-state index is 12.3. The smallest absolute Gasteiger partial charge is 0.334 e. The number of rotatable bonds is 3. The molecule has 0 spiro atoms. The number of alkyl halides is 3. The van der Waals surface area contributed by atoms with E-state index in [1.165, 1.54) is 0 Å². The molecule has 0 bridgehead atoms. The molecule has 0 radical (unpaired) electrons. The Bertz CT molecular complexity index is 748. The maximum atomic E-state index is 12.3. The minimum atomic E-state index is -4.25. The van der Waals surface area contributed by atoms with Crippen LogP contribution in [0.25, 0.3) is 5.57 Å². The minimum Gasteiger partial charge on any atom is -0.334 e. The Hall–Kier alpha value is -2.46. The second-order valence-electron chi connectivity index (χ2n) is 5.29. The molecule has 8 nitrogen and oxygen atoms in total. The SMILES string of the molecule is CC1=C(c2nc(CCC(F)(F)F)no2)C(C)n2nnnc2N1C. The van der Waals surface area contributed by atoms with Crippen LogP contribution in [-0.4, -0.2) is 43.6 Å². The number of hydrogen-bond acceptors (Lipinski definition) is 7. The van der Waals surface area contributed by atoms with Crippen LogP contribution < -0.4 is 4.90 Å². The summed E-state index contributed by atoms with van der Waals surface area (Å²) in [4.78, 5) is 5.84. The summed E-state index contributed by atoms with van der Waals surface area (Å²) in [5, 5.41) is 15.1. The zero-order valence-electron chi connectivity index (χ0n) is 12.7. The number of halogens is 3. The van der Waals surface area contributed by atoms with Gasteiger partial charge in [0.1, 0.15) is 0 Å². The Labute approximate surface area is 129 Å². The number of anilines is 1. The van der Waals surface area contributed by atoms with Gasteiger partial charge >= 0.3 is 6.18 Å². The molecule has 2 aromatic rings. The lowest BCUT2D eigenvalue weighted by molar-refractivity contribution is -0.134. The van der Waals surface area contributed by atoms with Crippen molar-refractivity contribution in [3.63, 3.8) is 0 Å². The highest BCUT2D eigenvalue weighted by Gasteiger charge is 2.33. The molecule has 1 aliphatic rings. The number of hydrogen-bond donors (Lipinski definition) is 0. The van der Waals surface area contributed by atoms with Gasteiger partial charge in [-0.05, 0) is 24.3 Å². The molecule has 0 aliphatic carbocycles. The van der Waals surface area contributed by atoms with E-state index in [0.717, 1.165) is 5.70 Å². The fraction of sp³-hybridized carbons (Fsp3) is 0.583. The van der Waals surface area contributed by atoms with E-state index >= 15 is 0 Å². The largest absolute Gasteiger partial charge is 0.389 e. The topological polar surface area (TPSA) is 85.8 Å². The van der Waals surface area contributed by atoms with Crippen molar-refractivity contribution < 1.29 is 17.7 Å². The van der Waals surface area contributed by atoms with Crippen molar-refractivity contribution in [1.82, 2.24) is 30.3 Å². The summed E-state index contributed by atoms with van der Waals surface area (Å²) in [6.45, 7) is 3.69. The van der Waals surface area contributed by atoms with Crippen LogP contribution >= 0.6 is 0 Å². The van der Waals surface area contributed by atoms with E-state index in [1.807, 2.05) is 13.8 Å². The highest BCUT2D eigenvalue weighted by atomic mass is 19.4. The highest BCUT2D eigenvalue weighted by molar-refractivity contribution is 5.71. The lowest BCUT2D eigenvalue weighted by atomic mass is 10.0. The number of aromatic nitrogens is 6. The molecule has 0 fully saturated rings. The molecular formula is C12H14F3N7O. The van der Waals surface area contributed by atoms with Crippen LogP contribution in [0.5, 0.6) is 0 Å². The third kappa shape index (κ3) is 2.78. The van der Waals surface area contributed by atoms with Gasteiger partial charge in [0.2, 0.25) is 5.95 Å². The summed E-state index contributed by atoms with van der Waals surface area (Å²) in [6.07, 6.45) is -5.56. The molecular weight excluding hydrogens is 315 g/mol. The van der Waals surface area contributed by atoms with Crippen molar-refractivity contribution in [2.75, 3.05) is 11.9 Å². The van der Waals surface area contributed by atoms with Crippen LogP contribution in [0.4, 0.5) is 19.1 Å². The van der Waals surface area contributed by atoms with E-state index in [2.05, 4.69) is 25.7 Å². The van der Waals surface area contributed by atoms with Gasteiger partial charge in [-0.15, -0.1) is 0 Å². The predicted molar refractivity (Wildman–Crippen MR) is 72.2 cm³/mol. The average molecular weight is 329 g/mol. The quantitative estimate of drug-likeness (QED) is 0.851. The Morgan fingerprint density at radius 3 is 2.74 bits per heavy atom. The molecule has 3 heterocycles. The predicted octanol–water partition coefficient (Wildman–Crippen LogP) is 1.99. The molecule has 1 aliphatic heterocycles. The van der Waals surface area contributed by atoms with Gasteiger partial charge in [-0.3, -0.25) is 0 Å². The van der Waals surface area contributed by atoms with E-state index in [-0.39, 0.29) is 24.2 Å². The van der Waals surface area contributed by atoms with Crippen LogP contribution in [0.1, 0.15) is 38.0 Å². The summed E-state index contributed by atoms with van der Waals surface area (Å²) in [5.74, 6) is 0.769. The van der Waals surface area contributed by atoms with Gasteiger partial charge < -0.3 is 9.42 Å². The normalized spacial score (nSPS) is 18.5. The number of fused-ring (bicyclic) bond motifs is 1. The van der Waals surface area contributed by atoms with Crippen LogP contribution in [0, 0.1) is 0 Å². The van der Waals surface area contributed by atoms with Gasteiger partial charge in [0, 0.05) is 19.2 Å². The van der Waals surface area contributed by atoms with Crippen molar-refractivity contribution in [2.24, 2.45) is 0 Å². The number of tetrazole rings is 1. The van der Waals surface area contributed by atoms with Crippen LogP contribution in [0.15, 0.2) is 10.2 Å². The van der Waals surface area contributed by atoms with E-state index in [4.69, 9.17) is 4.52 Å². The molecule has 0 aromatic carbocycles. The maximum Gasteiger partial charge on any atom is 0.389 e. The first-order chi connectivity index (χ1) is 10.8. The molecule has 1 unspecified atom stereocenters. The van der Waals surface area contributed by atoms with Gasteiger partial charge in [0.15, 0.2) is 5.82 Å². The van der Waals surface area contributed by atoms with Gasteiger partial charge in [-0.25, -0.2) is 4.68 Å². The molecule has 0 saturated heterocycles. The Balaban J connectivity index is 1.89. The van der Waals surface area contributed by atoms with Gasteiger partial charge in [0.05, 0.1) is 18.0 Å². The molecule has 11 heteroatoms. The molecule has 1 atom stereocenters. The lowest BCUT2D eigenvalue weighted by Gasteiger charge is -2.29. The minimum absolute atomic E-state index is 0.0231. The average Bonchev–Trinajstić information content (AvgIpc) is 3.11. The van der Waals surface area contributed by atoms with Crippen LogP contribution in [-0.2, 0) is 6.42 Å². The van der Waals surface area contributed by atoms with Gasteiger partial charge in [0.25, 0.3) is 5.89 Å². The zero-order chi connectivity index (χ0) is 16.8. The van der Waals surface area contributed by atoms with Gasteiger partial charge in [-0.2, -0.15) is 18.2 Å². The van der Waals surface area contributed by atoms with Crippen molar-refractivity contribution in [1.29, 1.82) is 0 Å².